The number of benzene rings is 2. The zero-order valence-corrected chi connectivity index (χ0v) is 15.4. The molecule has 1 atom stereocenters. The predicted octanol–water partition coefficient (Wildman–Crippen LogP) is 4.19. The summed E-state index contributed by atoms with van der Waals surface area (Å²) in [5.41, 5.74) is 5.25. The number of nitrogens with zero attached hydrogens (tertiary/aromatic N) is 3. The van der Waals surface area contributed by atoms with Crippen molar-refractivity contribution in [3.05, 3.63) is 72.7 Å². The third-order valence-corrected chi connectivity index (χ3v) is 4.54. The minimum Gasteiger partial charge on any atom is -0.392 e. The molecule has 4 aromatic rings. The molecule has 136 valence electrons. The van der Waals surface area contributed by atoms with Gasteiger partial charge in [-0.05, 0) is 31.5 Å². The van der Waals surface area contributed by atoms with E-state index >= 15 is 0 Å². The predicted molar refractivity (Wildman–Crippen MR) is 109 cm³/mol. The number of anilines is 1. The molecule has 0 aliphatic heterocycles. The van der Waals surface area contributed by atoms with Crippen molar-refractivity contribution in [2.75, 3.05) is 11.9 Å². The van der Waals surface area contributed by atoms with Gasteiger partial charge in [-0.25, -0.2) is 9.97 Å². The van der Waals surface area contributed by atoms with E-state index in [0.29, 0.717) is 6.54 Å². The van der Waals surface area contributed by atoms with Crippen molar-refractivity contribution in [3.63, 3.8) is 0 Å². The zero-order valence-electron chi connectivity index (χ0n) is 15.4. The fourth-order valence-electron chi connectivity index (χ4n) is 3.18. The zero-order chi connectivity index (χ0) is 18.8. The Labute approximate surface area is 158 Å². The van der Waals surface area contributed by atoms with E-state index in [1.165, 1.54) is 5.56 Å². The second-order valence-corrected chi connectivity index (χ2v) is 6.77. The van der Waals surface area contributed by atoms with Gasteiger partial charge < -0.3 is 15.0 Å². The summed E-state index contributed by atoms with van der Waals surface area (Å²) in [6.45, 7) is 4.25. The Morgan fingerprint density at radius 3 is 2.48 bits per heavy atom. The topological polar surface area (TPSA) is 63.0 Å². The van der Waals surface area contributed by atoms with E-state index < -0.39 is 6.10 Å². The van der Waals surface area contributed by atoms with Gasteiger partial charge in [0, 0.05) is 24.0 Å². The SMILES string of the molecule is Cc1ccc(-n2cc(-c3ccccc3)c3c(NCC(C)O)ncnc32)cc1. The molecule has 2 aromatic carbocycles. The normalized spacial score (nSPS) is 12.3. The molecule has 0 fully saturated rings. The molecule has 2 heterocycles. The second-order valence-electron chi connectivity index (χ2n) is 6.77. The Hall–Kier alpha value is -3.18. The van der Waals surface area contributed by atoms with Gasteiger partial charge in [-0.15, -0.1) is 0 Å². The van der Waals surface area contributed by atoms with Gasteiger partial charge in [-0.3, -0.25) is 0 Å². The second kappa shape index (κ2) is 7.21. The summed E-state index contributed by atoms with van der Waals surface area (Å²) in [5.74, 6) is 0.727. The lowest BCUT2D eigenvalue weighted by atomic mass is 10.1. The quantitative estimate of drug-likeness (QED) is 0.561. The van der Waals surface area contributed by atoms with Crippen molar-refractivity contribution in [2.24, 2.45) is 0 Å². The van der Waals surface area contributed by atoms with Crippen LogP contribution in [-0.4, -0.2) is 32.3 Å². The largest absolute Gasteiger partial charge is 0.392 e. The summed E-state index contributed by atoms with van der Waals surface area (Å²) in [6.07, 6.45) is 3.20. The molecular formula is C22H22N4O. The summed E-state index contributed by atoms with van der Waals surface area (Å²) in [4.78, 5) is 9.00. The van der Waals surface area contributed by atoms with E-state index in [2.05, 4.69) is 69.4 Å². The molecule has 0 radical (unpaired) electrons. The number of aliphatic hydroxyl groups excluding tert-OH is 1. The van der Waals surface area contributed by atoms with Gasteiger partial charge in [0.05, 0.1) is 11.5 Å². The molecule has 0 bridgehead atoms. The van der Waals surface area contributed by atoms with Crippen molar-refractivity contribution >= 4 is 16.9 Å². The third kappa shape index (κ3) is 3.41. The van der Waals surface area contributed by atoms with Crippen LogP contribution in [0.1, 0.15) is 12.5 Å². The van der Waals surface area contributed by atoms with E-state index in [0.717, 1.165) is 33.7 Å². The summed E-state index contributed by atoms with van der Waals surface area (Å²) in [7, 11) is 0. The van der Waals surface area contributed by atoms with Crippen molar-refractivity contribution < 1.29 is 5.11 Å². The van der Waals surface area contributed by atoms with Crippen LogP contribution < -0.4 is 5.32 Å². The van der Waals surface area contributed by atoms with Gasteiger partial charge >= 0.3 is 0 Å². The molecule has 0 spiro atoms. The number of aliphatic hydroxyl groups is 1. The molecule has 4 rings (SSSR count). The maximum Gasteiger partial charge on any atom is 0.150 e. The van der Waals surface area contributed by atoms with Gasteiger partial charge in [0.25, 0.3) is 0 Å². The van der Waals surface area contributed by atoms with Crippen LogP contribution in [0.25, 0.3) is 27.8 Å². The molecule has 0 amide bonds. The number of hydrogen-bond donors (Lipinski definition) is 2. The first-order chi connectivity index (χ1) is 13.1. The molecule has 1 unspecified atom stereocenters. The maximum atomic E-state index is 9.67. The molecule has 0 aliphatic carbocycles. The van der Waals surface area contributed by atoms with Crippen molar-refractivity contribution in [3.8, 4) is 16.8 Å². The van der Waals surface area contributed by atoms with Crippen LogP contribution in [-0.2, 0) is 0 Å². The van der Waals surface area contributed by atoms with E-state index in [9.17, 15) is 5.11 Å². The Morgan fingerprint density at radius 1 is 1.04 bits per heavy atom. The number of rotatable bonds is 5. The molecule has 27 heavy (non-hydrogen) atoms. The number of fused-ring (bicyclic) bond motifs is 1. The van der Waals surface area contributed by atoms with Gasteiger partial charge in [0.15, 0.2) is 5.65 Å². The monoisotopic (exact) mass is 358 g/mol. The van der Waals surface area contributed by atoms with Crippen molar-refractivity contribution in [1.29, 1.82) is 0 Å². The van der Waals surface area contributed by atoms with Crippen LogP contribution in [0.2, 0.25) is 0 Å². The first-order valence-corrected chi connectivity index (χ1v) is 9.04. The van der Waals surface area contributed by atoms with Crippen LogP contribution in [0.4, 0.5) is 5.82 Å². The van der Waals surface area contributed by atoms with E-state index in [4.69, 9.17) is 0 Å². The van der Waals surface area contributed by atoms with Crippen molar-refractivity contribution in [1.82, 2.24) is 14.5 Å². The fraction of sp³-hybridized carbons (Fsp3) is 0.182. The summed E-state index contributed by atoms with van der Waals surface area (Å²) in [5, 5.41) is 13.9. The Kier molecular flexibility index (Phi) is 4.60. The highest BCUT2D eigenvalue weighted by Crippen LogP contribution is 2.35. The summed E-state index contributed by atoms with van der Waals surface area (Å²) < 4.78 is 2.09. The van der Waals surface area contributed by atoms with E-state index in [1.54, 1.807) is 13.3 Å². The lowest BCUT2D eigenvalue weighted by Crippen LogP contribution is -2.16. The molecule has 0 aliphatic rings. The fourth-order valence-corrected chi connectivity index (χ4v) is 3.18. The molecule has 5 heteroatoms. The van der Waals surface area contributed by atoms with Gasteiger partial charge in [-0.1, -0.05) is 48.0 Å². The smallest absolute Gasteiger partial charge is 0.150 e. The molecule has 2 aromatic heterocycles. The number of aryl methyl sites for hydroxylation is 1. The Morgan fingerprint density at radius 2 is 1.78 bits per heavy atom. The van der Waals surface area contributed by atoms with Crippen LogP contribution >= 0.6 is 0 Å². The average Bonchev–Trinajstić information content (AvgIpc) is 3.08. The van der Waals surface area contributed by atoms with E-state index in [-0.39, 0.29) is 0 Å². The highest BCUT2D eigenvalue weighted by molar-refractivity contribution is 6.02. The third-order valence-electron chi connectivity index (χ3n) is 4.54. The highest BCUT2D eigenvalue weighted by Gasteiger charge is 2.17. The molecule has 5 nitrogen and oxygen atoms in total. The Bertz CT molecular complexity index is 1050. The van der Waals surface area contributed by atoms with E-state index in [1.807, 2.05) is 18.2 Å². The standard InChI is InChI=1S/C22H22N4O/c1-15-8-10-18(11-9-15)26-13-19(17-6-4-3-5-7-17)20-21(23-12-16(2)27)24-14-25-22(20)26/h3-11,13-14,16,27H,12H2,1-2H3,(H,23,24,25). The Balaban J connectivity index is 1.95. The van der Waals surface area contributed by atoms with Gasteiger partial charge in [0.1, 0.15) is 12.1 Å². The van der Waals surface area contributed by atoms with Crippen LogP contribution in [0.15, 0.2) is 67.1 Å². The van der Waals surface area contributed by atoms with Crippen LogP contribution in [0, 0.1) is 6.92 Å². The highest BCUT2D eigenvalue weighted by atomic mass is 16.3. The first-order valence-electron chi connectivity index (χ1n) is 9.04. The first kappa shape index (κ1) is 17.2. The number of aromatic nitrogens is 3. The van der Waals surface area contributed by atoms with Gasteiger partial charge in [0.2, 0.25) is 0 Å². The lowest BCUT2D eigenvalue weighted by molar-refractivity contribution is 0.208. The molecule has 0 saturated carbocycles. The summed E-state index contributed by atoms with van der Waals surface area (Å²) in [6, 6.07) is 18.6. The molecule has 2 N–H and O–H groups in total. The number of nitrogens with one attached hydrogen (secondary N) is 1. The molecular weight excluding hydrogens is 336 g/mol. The van der Waals surface area contributed by atoms with Crippen molar-refractivity contribution in [2.45, 2.75) is 20.0 Å². The minimum absolute atomic E-state index is 0.427. The average molecular weight is 358 g/mol. The molecule has 0 saturated heterocycles. The van der Waals surface area contributed by atoms with Crippen LogP contribution in [0.3, 0.4) is 0 Å². The lowest BCUT2D eigenvalue weighted by Gasteiger charge is -2.10. The van der Waals surface area contributed by atoms with Crippen LogP contribution in [0.5, 0.6) is 0 Å². The summed E-state index contributed by atoms with van der Waals surface area (Å²) >= 11 is 0. The minimum atomic E-state index is -0.464. The maximum absolute atomic E-state index is 9.67. The number of hydrogen-bond acceptors (Lipinski definition) is 4. The van der Waals surface area contributed by atoms with Gasteiger partial charge in [-0.2, -0.15) is 0 Å².